The van der Waals surface area contributed by atoms with Crippen LogP contribution in [0, 0.1) is 0 Å². The van der Waals surface area contributed by atoms with Gasteiger partial charge in [-0.3, -0.25) is 9.69 Å². The van der Waals surface area contributed by atoms with Crippen molar-refractivity contribution in [2.24, 2.45) is 0 Å². The summed E-state index contributed by atoms with van der Waals surface area (Å²) < 4.78 is 5.97. The Kier molecular flexibility index (Phi) is 6.02. The van der Waals surface area contributed by atoms with Crippen LogP contribution in [0.4, 0.5) is 5.69 Å². The molecule has 0 saturated carbocycles. The fourth-order valence-corrected chi connectivity index (χ4v) is 4.76. The van der Waals surface area contributed by atoms with E-state index in [0.29, 0.717) is 39.0 Å². The van der Waals surface area contributed by atoms with E-state index in [1.807, 2.05) is 18.2 Å². The lowest BCUT2D eigenvalue weighted by atomic mass is 10.0. The van der Waals surface area contributed by atoms with Crippen LogP contribution >= 0.6 is 23.2 Å². The van der Waals surface area contributed by atoms with E-state index < -0.39 is 0 Å². The van der Waals surface area contributed by atoms with Gasteiger partial charge in [0, 0.05) is 54.0 Å². The molecule has 1 N–H and O–H groups in total. The summed E-state index contributed by atoms with van der Waals surface area (Å²) in [5.41, 5.74) is 2.78. The molecule has 1 fully saturated rings. The number of anilines is 1. The number of phenolic OH excluding ortho intramolecular Hbond substituents is 1. The molecule has 0 bridgehead atoms. The number of fused-ring (bicyclic) bond motifs is 1. The zero-order valence-corrected chi connectivity index (χ0v) is 19.3. The van der Waals surface area contributed by atoms with Gasteiger partial charge in [0.25, 0.3) is 0 Å². The number of carbonyl (C=O) groups is 1. The lowest BCUT2D eigenvalue weighted by Crippen LogP contribution is -2.46. The molecule has 0 aliphatic carbocycles. The Balaban J connectivity index is 1.36. The number of ketones is 1. The molecule has 7 heteroatoms. The highest BCUT2D eigenvalue weighted by molar-refractivity contribution is 6.37. The maximum Gasteiger partial charge on any atom is 0.231 e. The number of carbonyl (C=O) groups excluding carboxylic acids is 1. The number of rotatable bonds is 4. The summed E-state index contributed by atoms with van der Waals surface area (Å²) >= 11 is 12.5. The number of halogens is 2. The third kappa shape index (κ3) is 4.32. The SMILES string of the molecule is O=C1/C(=C/c2c(Cl)cccc2Cl)Oc2c1ccc(O)c2CN1CCN(c2ccccc2)CC1. The van der Waals surface area contributed by atoms with Gasteiger partial charge in [0.2, 0.25) is 5.78 Å². The summed E-state index contributed by atoms with van der Waals surface area (Å²) in [6.07, 6.45) is 1.56. The van der Waals surface area contributed by atoms with Gasteiger partial charge in [0.15, 0.2) is 5.76 Å². The van der Waals surface area contributed by atoms with Gasteiger partial charge in [-0.1, -0.05) is 47.5 Å². The number of allylic oxidation sites excluding steroid dienone is 1. The molecule has 2 aliphatic rings. The fourth-order valence-electron chi connectivity index (χ4n) is 4.26. The van der Waals surface area contributed by atoms with Crippen LogP contribution in [0.3, 0.4) is 0 Å². The van der Waals surface area contributed by atoms with Crippen LogP contribution in [0.1, 0.15) is 21.5 Å². The molecular formula is C26H22Cl2N2O3. The summed E-state index contributed by atoms with van der Waals surface area (Å²) in [6, 6.07) is 18.6. The Morgan fingerprint density at radius 3 is 2.30 bits per heavy atom. The van der Waals surface area contributed by atoms with Crippen LogP contribution in [0.15, 0.2) is 66.4 Å². The minimum absolute atomic E-state index is 0.115. The van der Waals surface area contributed by atoms with Crippen molar-refractivity contribution in [3.63, 3.8) is 0 Å². The van der Waals surface area contributed by atoms with Gasteiger partial charge < -0.3 is 14.7 Å². The molecule has 5 nitrogen and oxygen atoms in total. The van der Waals surface area contributed by atoms with E-state index in [1.165, 1.54) is 5.69 Å². The second-order valence-electron chi connectivity index (χ2n) is 8.11. The van der Waals surface area contributed by atoms with Gasteiger partial charge in [0.05, 0.1) is 11.1 Å². The first-order valence-corrected chi connectivity index (χ1v) is 11.5. The molecule has 0 atom stereocenters. The molecular weight excluding hydrogens is 459 g/mol. The summed E-state index contributed by atoms with van der Waals surface area (Å²) in [6.45, 7) is 3.93. The van der Waals surface area contributed by atoms with Gasteiger partial charge in [-0.25, -0.2) is 0 Å². The molecule has 0 radical (unpaired) electrons. The molecule has 3 aromatic rings. The van der Waals surface area contributed by atoms with Gasteiger partial charge in [0.1, 0.15) is 11.5 Å². The lowest BCUT2D eigenvalue weighted by Gasteiger charge is -2.36. The normalized spacial score (nSPS) is 17.3. The molecule has 2 aliphatic heterocycles. The molecule has 0 spiro atoms. The monoisotopic (exact) mass is 480 g/mol. The predicted molar refractivity (Wildman–Crippen MR) is 131 cm³/mol. The average molecular weight is 481 g/mol. The minimum atomic E-state index is -0.254. The molecule has 0 amide bonds. The molecule has 5 rings (SSSR count). The Bertz CT molecular complexity index is 1220. The topological polar surface area (TPSA) is 53.0 Å². The van der Waals surface area contributed by atoms with Crippen LogP contribution in [0.2, 0.25) is 10.0 Å². The first-order chi connectivity index (χ1) is 16.0. The highest BCUT2D eigenvalue weighted by Crippen LogP contribution is 2.41. The number of Topliss-reactive ketones (excluding diaryl/α,β-unsaturated/α-hetero) is 1. The third-order valence-electron chi connectivity index (χ3n) is 6.07. The van der Waals surface area contributed by atoms with Crippen molar-refractivity contribution in [3.05, 3.63) is 93.2 Å². The Hall–Kier alpha value is -2.99. The van der Waals surface area contributed by atoms with Gasteiger partial charge in [-0.15, -0.1) is 0 Å². The quantitative estimate of drug-likeness (QED) is 0.489. The maximum absolute atomic E-state index is 13.0. The maximum atomic E-state index is 13.0. The predicted octanol–water partition coefficient (Wildman–Crippen LogP) is 5.64. The number of aromatic hydroxyl groups is 1. The van der Waals surface area contributed by atoms with Crippen LogP contribution < -0.4 is 9.64 Å². The number of phenols is 1. The number of nitrogens with zero attached hydrogens (tertiary/aromatic N) is 2. The molecule has 33 heavy (non-hydrogen) atoms. The summed E-state index contributed by atoms with van der Waals surface area (Å²) in [7, 11) is 0. The highest BCUT2D eigenvalue weighted by Gasteiger charge is 2.32. The van der Waals surface area contributed by atoms with Gasteiger partial charge >= 0.3 is 0 Å². The number of piperazine rings is 1. The van der Waals surface area contributed by atoms with Crippen molar-refractivity contribution >= 4 is 40.7 Å². The molecule has 3 aromatic carbocycles. The summed E-state index contributed by atoms with van der Waals surface area (Å²) in [5, 5.41) is 11.5. The molecule has 0 unspecified atom stereocenters. The third-order valence-corrected chi connectivity index (χ3v) is 6.73. The number of hydrogen-bond acceptors (Lipinski definition) is 5. The standard InChI is InChI=1S/C26H22Cl2N2O3/c27-21-7-4-8-22(28)19(21)15-24-25(32)18-9-10-23(31)20(26(18)33-24)16-29-11-13-30(14-12-29)17-5-2-1-3-6-17/h1-10,15,31H,11-14,16H2/b24-15-. The minimum Gasteiger partial charge on any atom is -0.507 e. The molecule has 1 saturated heterocycles. The van der Waals surface area contributed by atoms with E-state index >= 15 is 0 Å². The zero-order chi connectivity index (χ0) is 22.9. The first-order valence-electron chi connectivity index (χ1n) is 10.8. The highest BCUT2D eigenvalue weighted by atomic mass is 35.5. The van der Waals surface area contributed by atoms with Crippen LogP contribution in [0.25, 0.3) is 6.08 Å². The van der Waals surface area contributed by atoms with Crippen molar-refractivity contribution in [2.45, 2.75) is 6.54 Å². The van der Waals surface area contributed by atoms with E-state index in [4.69, 9.17) is 27.9 Å². The van der Waals surface area contributed by atoms with Crippen molar-refractivity contribution in [2.75, 3.05) is 31.1 Å². The molecule has 0 aromatic heterocycles. The van der Waals surface area contributed by atoms with E-state index in [2.05, 4.69) is 21.9 Å². The molecule has 2 heterocycles. The number of hydrogen-bond donors (Lipinski definition) is 1. The summed E-state index contributed by atoms with van der Waals surface area (Å²) in [5.74, 6) is 0.404. The summed E-state index contributed by atoms with van der Waals surface area (Å²) in [4.78, 5) is 17.6. The smallest absolute Gasteiger partial charge is 0.231 e. The van der Waals surface area contributed by atoms with Crippen LogP contribution in [-0.4, -0.2) is 42.0 Å². The van der Waals surface area contributed by atoms with Crippen LogP contribution in [0.5, 0.6) is 11.5 Å². The van der Waals surface area contributed by atoms with Gasteiger partial charge in [-0.05, 0) is 42.5 Å². The number of ether oxygens (including phenoxy) is 1. The van der Waals surface area contributed by atoms with E-state index in [9.17, 15) is 9.90 Å². The van der Waals surface area contributed by atoms with E-state index in [1.54, 1.807) is 36.4 Å². The Morgan fingerprint density at radius 2 is 1.61 bits per heavy atom. The Morgan fingerprint density at radius 1 is 0.909 bits per heavy atom. The van der Waals surface area contributed by atoms with Crippen molar-refractivity contribution in [3.8, 4) is 11.5 Å². The average Bonchev–Trinajstić information content (AvgIpc) is 3.15. The van der Waals surface area contributed by atoms with Gasteiger partial charge in [-0.2, -0.15) is 0 Å². The van der Waals surface area contributed by atoms with Crippen molar-refractivity contribution in [1.29, 1.82) is 0 Å². The van der Waals surface area contributed by atoms with E-state index in [-0.39, 0.29) is 17.3 Å². The Labute approximate surface area is 202 Å². The lowest BCUT2D eigenvalue weighted by molar-refractivity contribution is 0.101. The first kappa shape index (κ1) is 21.8. The molecule has 168 valence electrons. The second kappa shape index (κ2) is 9.10. The zero-order valence-electron chi connectivity index (χ0n) is 17.8. The number of para-hydroxylation sites is 1. The largest absolute Gasteiger partial charge is 0.507 e. The number of benzene rings is 3. The van der Waals surface area contributed by atoms with Crippen LogP contribution in [-0.2, 0) is 6.54 Å². The second-order valence-corrected chi connectivity index (χ2v) is 8.93. The van der Waals surface area contributed by atoms with E-state index in [0.717, 1.165) is 26.2 Å². The van der Waals surface area contributed by atoms with Crippen molar-refractivity contribution in [1.82, 2.24) is 4.90 Å². The fraction of sp³-hybridized carbons (Fsp3) is 0.192. The van der Waals surface area contributed by atoms with Crippen molar-refractivity contribution < 1.29 is 14.6 Å².